The Morgan fingerprint density at radius 3 is 2.35 bits per heavy atom. The minimum absolute atomic E-state index is 0.0950. The summed E-state index contributed by atoms with van der Waals surface area (Å²) in [6.07, 6.45) is 3.77. The lowest BCUT2D eigenvalue weighted by atomic mass is 9.83. The van der Waals surface area contributed by atoms with Crippen LogP contribution in [0.5, 0.6) is 0 Å². The van der Waals surface area contributed by atoms with Crippen molar-refractivity contribution in [2.24, 2.45) is 11.3 Å². The number of carboxylic acids is 1. The van der Waals surface area contributed by atoms with Gasteiger partial charge in [0.05, 0.1) is 12.0 Å². The highest BCUT2D eigenvalue weighted by atomic mass is 16.4. The van der Waals surface area contributed by atoms with Crippen molar-refractivity contribution in [1.29, 1.82) is 0 Å². The zero-order chi connectivity index (χ0) is 14.9. The summed E-state index contributed by atoms with van der Waals surface area (Å²) in [5, 5.41) is 12.0. The molecule has 0 spiro atoms. The molecule has 2 aliphatic carbocycles. The number of carbonyl (C=O) groups is 2. The summed E-state index contributed by atoms with van der Waals surface area (Å²) < 4.78 is 0. The molecule has 2 N–H and O–H groups in total. The minimum Gasteiger partial charge on any atom is -0.480 e. The number of carboxylic acid groups (broad SMARTS) is 1. The first-order chi connectivity index (χ1) is 9.39. The van der Waals surface area contributed by atoms with Crippen molar-refractivity contribution in [2.75, 3.05) is 13.1 Å². The summed E-state index contributed by atoms with van der Waals surface area (Å²) in [5.74, 6) is -0.175. The highest BCUT2D eigenvalue weighted by Crippen LogP contribution is 2.52. The third kappa shape index (κ3) is 2.97. The van der Waals surface area contributed by atoms with Crippen LogP contribution in [0.1, 0.15) is 46.5 Å². The maximum atomic E-state index is 12.3. The van der Waals surface area contributed by atoms with Crippen LogP contribution in [0.3, 0.4) is 0 Å². The predicted octanol–water partition coefficient (Wildman–Crippen LogP) is 1.48. The Bertz CT molecular complexity index is 385. The first-order valence-electron chi connectivity index (χ1n) is 7.66. The van der Waals surface area contributed by atoms with E-state index in [0.29, 0.717) is 12.0 Å². The molecule has 114 valence electrons. The van der Waals surface area contributed by atoms with Crippen LogP contribution in [-0.2, 0) is 9.59 Å². The highest BCUT2D eigenvalue weighted by Gasteiger charge is 2.53. The Morgan fingerprint density at radius 2 is 1.95 bits per heavy atom. The van der Waals surface area contributed by atoms with Crippen LogP contribution in [0, 0.1) is 11.3 Å². The standard InChI is InChI=1S/C15H26N2O3/c1-4-17(9-13(18)19)12-7-11(8-12)16-14(20)15(5-6-15)10(2)3/h10-12H,4-9H2,1-3H3,(H,16,20)(H,18,19). The summed E-state index contributed by atoms with van der Waals surface area (Å²) in [5.41, 5.74) is -0.114. The van der Waals surface area contributed by atoms with Gasteiger partial charge in [-0.15, -0.1) is 0 Å². The Labute approximate surface area is 120 Å². The Kier molecular flexibility index (Phi) is 4.37. The van der Waals surface area contributed by atoms with E-state index in [1.54, 1.807) is 0 Å². The van der Waals surface area contributed by atoms with Crippen LogP contribution in [0.2, 0.25) is 0 Å². The second-order valence-electron chi connectivity index (χ2n) is 6.56. The number of nitrogens with zero attached hydrogens (tertiary/aromatic N) is 1. The summed E-state index contributed by atoms with van der Waals surface area (Å²) >= 11 is 0. The van der Waals surface area contributed by atoms with Crippen LogP contribution in [-0.4, -0.2) is 47.1 Å². The van der Waals surface area contributed by atoms with E-state index >= 15 is 0 Å². The molecule has 2 aliphatic rings. The second-order valence-corrected chi connectivity index (χ2v) is 6.56. The molecule has 0 aromatic carbocycles. The fourth-order valence-corrected chi connectivity index (χ4v) is 3.21. The molecule has 0 unspecified atom stereocenters. The topological polar surface area (TPSA) is 69.6 Å². The maximum Gasteiger partial charge on any atom is 0.317 e. The molecule has 0 bridgehead atoms. The van der Waals surface area contributed by atoms with E-state index in [1.165, 1.54) is 0 Å². The minimum atomic E-state index is -0.781. The van der Waals surface area contributed by atoms with Gasteiger partial charge in [0.2, 0.25) is 5.91 Å². The van der Waals surface area contributed by atoms with Crippen molar-refractivity contribution < 1.29 is 14.7 Å². The molecule has 5 heteroatoms. The van der Waals surface area contributed by atoms with Gasteiger partial charge in [0, 0.05) is 12.1 Å². The SMILES string of the molecule is CCN(CC(=O)O)C1CC(NC(=O)C2(C(C)C)CC2)C1. The molecular formula is C15H26N2O3. The van der Waals surface area contributed by atoms with E-state index in [-0.39, 0.29) is 23.9 Å². The van der Waals surface area contributed by atoms with Gasteiger partial charge in [-0.3, -0.25) is 14.5 Å². The zero-order valence-corrected chi connectivity index (χ0v) is 12.7. The molecular weight excluding hydrogens is 256 g/mol. The molecule has 20 heavy (non-hydrogen) atoms. The van der Waals surface area contributed by atoms with Crippen LogP contribution >= 0.6 is 0 Å². The third-order valence-electron chi connectivity index (χ3n) is 5.06. The summed E-state index contributed by atoms with van der Waals surface area (Å²) in [7, 11) is 0. The van der Waals surface area contributed by atoms with E-state index in [4.69, 9.17) is 5.11 Å². The number of likely N-dealkylation sites (N-methyl/N-ethyl adjacent to an activating group) is 1. The number of rotatable bonds is 7. The van der Waals surface area contributed by atoms with Gasteiger partial charge < -0.3 is 10.4 Å². The van der Waals surface area contributed by atoms with Crippen molar-refractivity contribution in [3.63, 3.8) is 0 Å². The Balaban J connectivity index is 1.76. The van der Waals surface area contributed by atoms with Crippen molar-refractivity contribution >= 4 is 11.9 Å². The Hall–Kier alpha value is -1.10. The number of hydrogen-bond acceptors (Lipinski definition) is 3. The molecule has 5 nitrogen and oxygen atoms in total. The van der Waals surface area contributed by atoms with Crippen molar-refractivity contribution in [3.05, 3.63) is 0 Å². The van der Waals surface area contributed by atoms with Crippen LogP contribution in [0.4, 0.5) is 0 Å². The maximum absolute atomic E-state index is 12.3. The second kappa shape index (κ2) is 5.72. The molecule has 0 atom stereocenters. The molecule has 2 rings (SSSR count). The lowest BCUT2D eigenvalue weighted by Gasteiger charge is -2.42. The van der Waals surface area contributed by atoms with E-state index in [0.717, 1.165) is 32.2 Å². The van der Waals surface area contributed by atoms with Gasteiger partial charge >= 0.3 is 5.97 Å². The molecule has 0 aromatic rings. The van der Waals surface area contributed by atoms with Gasteiger partial charge in [0.1, 0.15) is 0 Å². The average molecular weight is 282 g/mol. The van der Waals surface area contributed by atoms with Gasteiger partial charge in [-0.2, -0.15) is 0 Å². The number of hydrogen-bond donors (Lipinski definition) is 2. The smallest absolute Gasteiger partial charge is 0.317 e. The van der Waals surface area contributed by atoms with Gasteiger partial charge in [-0.25, -0.2) is 0 Å². The summed E-state index contributed by atoms with van der Waals surface area (Å²) in [6.45, 7) is 7.04. The van der Waals surface area contributed by atoms with Crippen molar-refractivity contribution in [3.8, 4) is 0 Å². The lowest BCUT2D eigenvalue weighted by molar-refractivity contribution is -0.140. The molecule has 2 fully saturated rings. The summed E-state index contributed by atoms with van der Waals surface area (Å²) in [4.78, 5) is 25.0. The van der Waals surface area contributed by atoms with Gasteiger partial charge in [0.15, 0.2) is 0 Å². The molecule has 0 saturated heterocycles. The number of carbonyl (C=O) groups excluding carboxylic acids is 1. The molecule has 0 heterocycles. The van der Waals surface area contributed by atoms with Gasteiger partial charge in [0.25, 0.3) is 0 Å². The third-order valence-corrected chi connectivity index (χ3v) is 5.06. The normalized spacial score (nSPS) is 27.2. The first kappa shape index (κ1) is 15.3. The van der Waals surface area contributed by atoms with E-state index in [9.17, 15) is 9.59 Å². The van der Waals surface area contributed by atoms with Crippen LogP contribution < -0.4 is 5.32 Å². The Morgan fingerprint density at radius 1 is 1.35 bits per heavy atom. The molecule has 0 radical (unpaired) electrons. The predicted molar refractivity (Wildman–Crippen MR) is 76.3 cm³/mol. The van der Waals surface area contributed by atoms with E-state index in [2.05, 4.69) is 19.2 Å². The number of amides is 1. The molecule has 2 saturated carbocycles. The van der Waals surface area contributed by atoms with Crippen molar-refractivity contribution in [2.45, 2.75) is 58.5 Å². The monoisotopic (exact) mass is 282 g/mol. The average Bonchev–Trinajstić information content (AvgIpc) is 3.11. The fourth-order valence-electron chi connectivity index (χ4n) is 3.21. The van der Waals surface area contributed by atoms with Crippen molar-refractivity contribution in [1.82, 2.24) is 10.2 Å². The lowest BCUT2D eigenvalue weighted by Crippen LogP contribution is -2.56. The highest BCUT2D eigenvalue weighted by molar-refractivity contribution is 5.85. The number of aliphatic carboxylic acids is 1. The van der Waals surface area contributed by atoms with Crippen LogP contribution in [0.25, 0.3) is 0 Å². The fraction of sp³-hybridized carbons (Fsp3) is 0.867. The van der Waals surface area contributed by atoms with E-state index in [1.807, 2.05) is 11.8 Å². The van der Waals surface area contributed by atoms with E-state index < -0.39 is 5.97 Å². The van der Waals surface area contributed by atoms with Gasteiger partial charge in [-0.05, 0) is 38.1 Å². The largest absolute Gasteiger partial charge is 0.480 e. The first-order valence-corrected chi connectivity index (χ1v) is 7.66. The number of nitrogens with one attached hydrogen (secondary N) is 1. The quantitative estimate of drug-likeness (QED) is 0.742. The van der Waals surface area contributed by atoms with Gasteiger partial charge in [-0.1, -0.05) is 20.8 Å². The van der Waals surface area contributed by atoms with Crippen LogP contribution in [0.15, 0.2) is 0 Å². The summed E-state index contributed by atoms with van der Waals surface area (Å²) in [6, 6.07) is 0.530. The molecule has 0 aliphatic heterocycles. The zero-order valence-electron chi connectivity index (χ0n) is 12.7. The molecule has 0 aromatic heterocycles. The molecule has 1 amide bonds.